The SMILES string of the molecule is CSc1n[n+]2c(c(=O)[nH]1)-c1ccccc1N(C(C)=O)C2c1cc(Br)cc(Br)c1OCc1ccccc1. The second-order valence-corrected chi connectivity index (χ2v) is 10.7. The molecule has 4 aromatic rings. The zero-order valence-corrected chi connectivity index (χ0v) is 23.4. The molecule has 0 radical (unpaired) electrons. The van der Waals surface area contributed by atoms with Gasteiger partial charge < -0.3 is 4.74 Å². The van der Waals surface area contributed by atoms with E-state index in [9.17, 15) is 9.59 Å². The van der Waals surface area contributed by atoms with Crippen molar-refractivity contribution in [1.29, 1.82) is 0 Å². The number of carbonyl (C=O) groups is 1. The Morgan fingerprint density at radius 3 is 2.58 bits per heavy atom. The van der Waals surface area contributed by atoms with E-state index in [4.69, 9.17) is 9.84 Å². The Labute approximate surface area is 228 Å². The molecule has 1 aromatic heterocycles. The smallest absolute Gasteiger partial charge is 0.325 e. The van der Waals surface area contributed by atoms with E-state index >= 15 is 0 Å². The van der Waals surface area contributed by atoms with Crippen molar-refractivity contribution in [3.63, 3.8) is 0 Å². The van der Waals surface area contributed by atoms with Gasteiger partial charge in [0, 0.05) is 16.5 Å². The van der Waals surface area contributed by atoms with Gasteiger partial charge in [-0.05, 0) is 56.7 Å². The van der Waals surface area contributed by atoms with Crippen LogP contribution in [0.15, 0.2) is 85.6 Å². The van der Waals surface area contributed by atoms with Gasteiger partial charge in [0.1, 0.15) is 12.4 Å². The highest BCUT2D eigenvalue weighted by Gasteiger charge is 2.46. The van der Waals surface area contributed by atoms with Crippen LogP contribution in [0.25, 0.3) is 11.3 Å². The van der Waals surface area contributed by atoms with Crippen LogP contribution in [0.3, 0.4) is 0 Å². The fourth-order valence-corrected chi connectivity index (χ4v) is 6.08. The number of thioether (sulfide) groups is 1. The molecule has 1 atom stereocenters. The number of carbonyl (C=O) groups excluding carboxylic acids is 1. The largest absolute Gasteiger partial charge is 0.487 e. The van der Waals surface area contributed by atoms with E-state index in [1.165, 1.54) is 18.7 Å². The van der Waals surface area contributed by atoms with Gasteiger partial charge in [-0.15, -0.1) is 0 Å². The molecule has 0 saturated carbocycles. The van der Waals surface area contributed by atoms with E-state index in [2.05, 4.69) is 36.8 Å². The monoisotopic (exact) mass is 627 g/mol. The molecule has 0 bridgehead atoms. The lowest BCUT2D eigenvalue weighted by atomic mass is 10.0. The number of halogens is 2. The van der Waals surface area contributed by atoms with Crippen molar-refractivity contribution in [3.05, 3.63) is 97.2 Å². The van der Waals surface area contributed by atoms with E-state index in [0.29, 0.717) is 44.5 Å². The average Bonchev–Trinajstić information content (AvgIpc) is 2.87. The summed E-state index contributed by atoms with van der Waals surface area (Å²) in [6.07, 6.45) is 1.07. The molecule has 1 N–H and O–H groups in total. The summed E-state index contributed by atoms with van der Waals surface area (Å²) in [6, 6.07) is 21.0. The number of amides is 1. The number of benzene rings is 3. The Hall–Kier alpha value is -2.95. The van der Waals surface area contributed by atoms with Gasteiger partial charge >= 0.3 is 11.3 Å². The number of hydrogen-bond acceptors (Lipinski definition) is 5. The van der Waals surface area contributed by atoms with Crippen molar-refractivity contribution in [2.24, 2.45) is 0 Å². The zero-order valence-electron chi connectivity index (χ0n) is 19.4. The number of fused-ring (bicyclic) bond motifs is 3. The molecule has 0 fully saturated rings. The van der Waals surface area contributed by atoms with Crippen LogP contribution in [0.4, 0.5) is 5.69 Å². The van der Waals surface area contributed by atoms with Crippen LogP contribution in [0, 0.1) is 0 Å². The molecule has 1 unspecified atom stereocenters. The molecule has 5 rings (SSSR count). The molecule has 0 spiro atoms. The Morgan fingerprint density at radius 1 is 1.14 bits per heavy atom. The first-order valence-corrected chi connectivity index (χ1v) is 13.8. The quantitative estimate of drug-likeness (QED) is 0.234. The molecule has 1 amide bonds. The standard InChI is InChI=1S/C26H20Br2N4O3S/c1-15(33)31-21-11-7-6-10-18(21)22-24(34)29-26(36-2)30-32(22)25(31)19-12-17(27)13-20(28)23(19)35-14-16-8-4-3-5-9-16/h3-13,25H,14H2,1-2H3/p+1. The summed E-state index contributed by atoms with van der Waals surface area (Å²) in [6.45, 7) is 1.84. The van der Waals surface area contributed by atoms with Crippen molar-refractivity contribution >= 4 is 55.2 Å². The number of hydrogen-bond donors (Lipinski definition) is 1. The maximum Gasteiger partial charge on any atom is 0.325 e. The van der Waals surface area contributed by atoms with Crippen LogP contribution in [0.1, 0.15) is 24.2 Å². The topological polar surface area (TPSA) is 79.2 Å². The number of aromatic amines is 1. The molecular weight excluding hydrogens is 608 g/mol. The van der Waals surface area contributed by atoms with Crippen molar-refractivity contribution in [1.82, 2.24) is 10.1 Å². The molecule has 182 valence electrons. The maximum atomic E-state index is 13.3. The zero-order chi connectivity index (χ0) is 25.4. The minimum atomic E-state index is -0.764. The van der Waals surface area contributed by atoms with Gasteiger partial charge in [-0.2, -0.15) is 0 Å². The van der Waals surface area contributed by atoms with Gasteiger partial charge in [-0.3, -0.25) is 14.6 Å². The minimum Gasteiger partial charge on any atom is -0.487 e. The molecule has 1 aliphatic rings. The summed E-state index contributed by atoms with van der Waals surface area (Å²) < 4.78 is 9.46. The van der Waals surface area contributed by atoms with Crippen LogP contribution in [0.5, 0.6) is 5.75 Å². The van der Waals surface area contributed by atoms with Crippen molar-refractivity contribution < 1.29 is 14.2 Å². The van der Waals surface area contributed by atoms with Gasteiger partial charge in [0.15, 0.2) is 0 Å². The summed E-state index contributed by atoms with van der Waals surface area (Å²) in [4.78, 5) is 31.0. The highest BCUT2D eigenvalue weighted by atomic mass is 79.9. The van der Waals surface area contributed by atoms with E-state index in [-0.39, 0.29) is 11.5 Å². The summed E-state index contributed by atoms with van der Waals surface area (Å²) in [5.41, 5.74) is 3.03. The van der Waals surface area contributed by atoms with Gasteiger partial charge in [-0.1, -0.05) is 70.2 Å². The number of aromatic nitrogens is 3. The number of anilines is 1. The van der Waals surface area contributed by atoms with E-state index in [1.807, 2.05) is 73.0 Å². The number of rotatable bonds is 5. The average molecular weight is 629 g/mol. The first kappa shape index (κ1) is 24.7. The van der Waals surface area contributed by atoms with Crippen LogP contribution < -0.4 is 19.9 Å². The molecule has 0 aliphatic carbocycles. The first-order chi connectivity index (χ1) is 17.4. The van der Waals surface area contributed by atoms with E-state index in [1.54, 1.807) is 9.58 Å². The third-order valence-electron chi connectivity index (χ3n) is 5.83. The summed E-state index contributed by atoms with van der Waals surface area (Å²) in [5.74, 6) is 0.368. The van der Waals surface area contributed by atoms with Crippen molar-refractivity contribution in [3.8, 4) is 17.0 Å². The minimum absolute atomic E-state index is 0.191. The Kier molecular flexibility index (Phi) is 7.00. The second-order valence-electron chi connectivity index (χ2n) is 8.12. The predicted molar refractivity (Wildman–Crippen MR) is 146 cm³/mol. The van der Waals surface area contributed by atoms with Gasteiger partial charge in [0.2, 0.25) is 11.1 Å². The second kappa shape index (κ2) is 10.2. The normalized spacial score (nSPS) is 14.2. The fourth-order valence-electron chi connectivity index (χ4n) is 4.34. The molecule has 1 aliphatic heterocycles. The highest BCUT2D eigenvalue weighted by Crippen LogP contribution is 2.43. The third-order valence-corrected chi connectivity index (χ3v) is 7.45. The highest BCUT2D eigenvalue weighted by molar-refractivity contribution is 9.11. The number of nitrogens with zero attached hydrogens (tertiary/aromatic N) is 3. The molecule has 0 saturated heterocycles. The van der Waals surface area contributed by atoms with E-state index < -0.39 is 6.17 Å². The maximum absolute atomic E-state index is 13.3. The summed E-state index contributed by atoms with van der Waals surface area (Å²) in [7, 11) is 0. The Bertz CT molecular complexity index is 1530. The van der Waals surface area contributed by atoms with Crippen LogP contribution in [0.2, 0.25) is 0 Å². The molecule has 7 nitrogen and oxygen atoms in total. The molecule has 3 aromatic carbocycles. The Balaban J connectivity index is 1.77. The van der Waals surface area contributed by atoms with Gasteiger partial charge in [-0.25, -0.2) is 4.90 Å². The molecule has 2 heterocycles. The number of ether oxygens (including phenoxy) is 1. The number of para-hydroxylation sites is 1. The fraction of sp³-hybridized carbons (Fsp3) is 0.154. The molecular formula is C26H21Br2N4O3S+. The number of nitrogens with one attached hydrogen (secondary N) is 1. The lowest BCUT2D eigenvalue weighted by Gasteiger charge is -2.32. The third kappa shape index (κ3) is 4.49. The molecule has 36 heavy (non-hydrogen) atoms. The van der Waals surface area contributed by atoms with E-state index in [0.717, 1.165) is 10.0 Å². The first-order valence-electron chi connectivity index (χ1n) is 11.0. The van der Waals surface area contributed by atoms with Crippen LogP contribution in [-0.4, -0.2) is 22.2 Å². The predicted octanol–water partition coefficient (Wildman–Crippen LogP) is 5.46. The summed E-state index contributed by atoms with van der Waals surface area (Å²) >= 11 is 8.56. The van der Waals surface area contributed by atoms with Crippen molar-refractivity contribution in [2.45, 2.75) is 24.9 Å². The summed E-state index contributed by atoms with van der Waals surface area (Å²) in [5, 5.41) is 5.19. The Morgan fingerprint density at radius 2 is 1.86 bits per heavy atom. The lowest BCUT2D eigenvalue weighted by molar-refractivity contribution is -0.763. The van der Waals surface area contributed by atoms with Crippen LogP contribution in [-0.2, 0) is 11.4 Å². The van der Waals surface area contributed by atoms with Crippen molar-refractivity contribution in [2.75, 3.05) is 11.2 Å². The van der Waals surface area contributed by atoms with Crippen LogP contribution >= 0.6 is 43.6 Å². The number of H-pyrrole nitrogens is 1. The van der Waals surface area contributed by atoms with Gasteiger partial charge in [0.25, 0.3) is 6.17 Å². The molecule has 10 heteroatoms. The lowest BCUT2D eigenvalue weighted by Crippen LogP contribution is -2.60. The van der Waals surface area contributed by atoms with Gasteiger partial charge in [0.05, 0.1) is 21.3 Å².